The second-order valence-electron chi connectivity index (χ2n) is 7.09. The third-order valence-electron chi connectivity index (χ3n) is 4.94. The lowest BCUT2D eigenvalue weighted by atomic mass is 9.89. The van der Waals surface area contributed by atoms with E-state index in [9.17, 15) is 4.79 Å². The SMILES string of the molecule is Cc1cc(OCc2ccc(C(=O)N/N=C3/CCCC[C@H]3C)cc2)ccc1Cl. The van der Waals surface area contributed by atoms with Crippen LogP contribution in [0.5, 0.6) is 5.75 Å². The van der Waals surface area contributed by atoms with Crippen molar-refractivity contribution in [3.8, 4) is 5.75 Å². The number of hydrogen-bond donors (Lipinski definition) is 1. The monoisotopic (exact) mass is 384 g/mol. The lowest BCUT2D eigenvalue weighted by Crippen LogP contribution is -2.24. The second-order valence-corrected chi connectivity index (χ2v) is 7.49. The summed E-state index contributed by atoms with van der Waals surface area (Å²) in [5.41, 5.74) is 6.35. The molecule has 0 radical (unpaired) electrons. The zero-order chi connectivity index (χ0) is 19.2. The molecule has 0 aliphatic heterocycles. The molecule has 2 aromatic rings. The largest absolute Gasteiger partial charge is 0.489 e. The van der Waals surface area contributed by atoms with E-state index in [4.69, 9.17) is 16.3 Å². The molecule has 4 nitrogen and oxygen atoms in total. The molecular formula is C22H25ClN2O2. The van der Waals surface area contributed by atoms with E-state index < -0.39 is 0 Å². The van der Waals surface area contributed by atoms with Crippen LogP contribution in [0.2, 0.25) is 5.02 Å². The molecule has 2 aromatic carbocycles. The number of amides is 1. The number of nitrogens with zero attached hydrogens (tertiary/aromatic N) is 1. The van der Waals surface area contributed by atoms with Gasteiger partial charge in [0.15, 0.2) is 0 Å². The number of halogens is 1. The molecule has 0 saturated heterocycles. The predicted molar refractivity (Wildman–Crippen MR) is 109 cm³/mol. The van der Waals surface area contributed by atoms with Gasteiger partial charge in [0.05, 0.1) is 0 Å². The highest BCUT2D eigenvalue weighted by Gasteiger charge is 2.16. The number of aryl methyl sites for hydroxylation is 1. The van der Waals surface area contributed by atoms with Crippen molar-refractivity contribution in [3.05, 3.63) is 64.2 Å². The van der Waals surface area contributed by atoms with Gasteiger partial charge in [-0.25, -0.2) is 5.43 Å². The lowest BCUT2D eigenvalue weighted by Gasteiger charge is -2.19. The topological polar surface area (TPSA) is 50.7 Å². The summed E-state index contributed by atoms with van der Waals surface area (Å²) in [6.07, 6.45) is 4.52. The van der Waals surface area contributed by atoms with Gasteiger partial charge >= 0.3 is 0 Å². The Hall–Kier alpha value is -2.33. The lowest BCUT2D eigenvalue weighted by molar-refractivity contribution is 0.0954. The highest BCUT2D eigenvalue weighted by Crippen LogP contribution is 2.22. The molecule has 3 rings (SSSR count). The van der Waals surface area contributed by atoms with Crippen molar-refractivity contribution in [2.75, 3.05) is 0 Å². The molecule has 1 atom stereocenters. The maximum Gasteiger partial charge on any atom is 0.271 e. The minimum atomic E-state index is -0.180. The molecule has 1 aliphatic rings. The average molecular weight is 385 g/mol. The summed E-state index contributed by atoms with van der Waals surface area (Å²) in [5, 5.41) is 5.06. The molecule has 0 heterocycles. The van der Waals surface area contributed by atoms with Gasteiger partial charge in [-0.2, -0.15) is 5.10 Å². The van der Waals surface area contributed by atoms with Crippen LogP contribution >= 0.6 is 11.6 Å². The quantitative estimate of drug-likeness (QED) is 0.689. The molecule has 1 amide bonds. The zero-order valence-electron chi connectivity index (χ0n) is 15.8. The smallest absolute Gasteiger partial charge is 0.271 e. The normalized spacial score (nSPS) is 18.3. The van der Waals surface area contributed by atoms with E-state index in [-0.39, 0.29) is 5.91 Å². The Balaban J connectivity index is 1.55. The number of hydrogen-bond acceptors (Lipinski definition) is 3. The second kappa shape index (κ2) is 9.05. The van der Waals surface area contributed by atoms with Crippen molar-refractivity contribution in [2.24, 2.45) is 11.0 Å². The van der Waals surface area contributed by atoms with Crippen LogP contribution in [0.25, 0.3) is 0 Å². The average Bonchev–Trinajstić information content (AvgIpc) is 2.68. The summed E-state index contributed by atoms with van der Waals surface area (Å²) >= 11 is 6.03. The van der Waals surface area contributed by atoms with Crippen LogP contribution in [0.3, 0.4) is 0 Å². The maximum atomic E-state index is 12.3. The number of nitrogens with one attached hydrogen (secondary N) is 1. The van der Waals surface area contributed by atoms with Crippen molar-refractivity contribution in [1.82, 2.24) is 5.43 Å². The van der Waals surface area contributed by atoms with E-state index in [1.54, 1.807) is 12.1 Å². The third-order valence-corrected chi connectivity index (χ3v) is 5.37. The Morgan fingerprint density at radius 2 is 2.00 bits per heavy atom. The van der Waals surface area contributed by atoms with Crippen LogP contribution in [0, 0.1) is 12.8 Å². The van der Waals surface area contributed by atoms with Crippen LogP contribution in [-0.2, 0) is 6.61 Å². The Kier molecular flexibility index (Phi) is 6.51. The van der Waals surface area contributed by atoms with E-state index in [1.807, 2.05) is 37.3 Å². The maximum absolute atomic E-state index is 12.3. The van der Waals surface area contributed by atoms with E-state index in [2.05, 4.69) is 17.5 Å². The summed E-state index contributed by atoms with van der Waals surface area (Å²) in [5.74, 6) is 1.05. The predicted octanol–water partition coefficient (Wildman–Crippen LogP) is 5.52. The fraction of sp³-hybridized carbons (Fsp3) is 0.364. The molecule has 0 unspecified atom stereocenters. The number of carbonyl (C=O) groups is 1. The molecule has 142 valence electrons. The first kappa shape index (κ1) is 19.4. The molecule has 1 saturated carbocycles. The summed E-state index contributed by atoms with van der Waals surface area (Å²) in [6, 6.07) is 13.0. The van der Waals surface area contributed by atoms with Gasteiger partial charge in [-0.15, -0.1) is 0 Å². The van der Waals surface area contributed by atoms with E-state index in [0.29, 0.717) is 18.1 Å². The van der Waals surface area contributed by atoms with Gasteiger partial charge < -0.3 is 4.74 Å². The van der Waals surface area contributed by atoms with Crippen LogP contribution in [0.15, 0.2) is 47.6 Å². The van der Waals surface area contributed by atoms with Crippen molar-refractivity contribution in [3.63, 3.8) is 0 Å². The molecule has 0 aromatic heterocycles. The number of ether oxygens (including phenoxy) is 1. The van der Waals surface area contributed by atoms with Crippen molar-refractivity contribution >= 4 is 23.2 Å². The summed E-state index contributed by atoms with van der Waals surface area (Å²) in [4.78, 5) is 12.3. The summed E-state index contributed by atoms with van der Waals surface area (Å²) < 4.78 is 5.79. The highest BCUT2D eigenvalue weighted by atomic mass is 35.5. The van der Waals surface area contributed by atoms with E-state index in [0.717, 1.165) is 46.9 Å². The number of rotatable bonds is 5. The summed E-state index contributed by atoms with van der Waals surface area (Å²) in [7, 11) is 0. The van der Waals surface area contributed by atoms with Gasteiger partial charge in [0, 0.05) is 16.3 Å². The first-order valence-electron chi connectivity index (χ1n) is 9.37. The molecule has 0 spiro atoms. The summed E-state index contributed by atoms with van der Waals surface area (Å²) in [6.45, 7) is 4.55. The van der Waals surface area contributed by atoms with Crippen molar-refractivity contribution < 1.29 is 9.53 Å². The highest BCUT2D eigenvalue weighted by molar-refractivity contribution is 6.31. The number of hydrazone groups is 1. The van der Waals surface area contributed by atoms with E-state index >= 15 is 0 Å². The first-order chi connectivity index (χ1) is 13.0. The zero-order valence-corrected chi connectivity index (χ0v) is 16.6. The Labute approximate surface area is 165 Å². The van der Waals surface area contributed by atoms with Gasteiger partial charge in [0.1, 0.15) is 12.4 Å². The fourth-order valence-corrected chi connectivity index (χ4v) is 3.27. The Morgan fingerprint density at radius 3 is 2.70 bits per heavy atom. The van der Waals surface area contributed by atoms with Crippen LogP contribution in [0.4, 0.5) is 0 Å². The Morgan fingerprint density at radius 1 is 1.22 bits per heavy atom. The molecule has 1 N–H and O–H groups in total. The Bertz CT molecular complexity index is 831. The minimum absolute atomic E-state index is 0.180. The van der Waals surface area contributed by atoms with Crippen LogP contribution < -0.4 is 10.2 Å². The van der Waals surface area contributed by atoms with Crippen LogP contribution in [-0.4, -0.2) is 11.6 Å². The standard InChI is InChI=1S/C22H25ClN2O2/c1-15-5-3-4-6-21(15)24-25-22(26)18-9-7-17(8-10-18)14-27-19-11-12-20(23)16(2)13-19/h7-13,15H,3-6,14H2,1-2H3,(H,25,26)/b24-21-/t15-/m1/s1. The molecule has 1 aliphatic carbocycles. The van der Waals surface area contributed by atoms with Gasteiger partial charge in [0.2, 0.25) is 0 Å². The van der Waals surface area contributed by atoms with Gasteiger partial charge in [-0.1, -0.05) is 37.1 Å². The van der Waals surface area contributed by atoms with Crippen LogP contribution in [0.1, 0.15) is 54.1 Å². The van der Waals surface area contributed by atoms with Gasteiger partial charge in [0.25, 0.3) is 5.91 Å². The third kappa shape index (κ3) is 5.33. The molecule has 5 heteroatoms. The number of benzene rings is 2. The molecule has 1 fully saturated rings. The fourth-order valence-electron chi connectivity index (χ4n) is 3.15. The molecule has 0 bridgehead atoms. The van der Waals surface area contributed by atoms with Crippen molar-refractivity contribution in [2.45, 2.75) is 46.1 Å². The van der Waals surface area contributed by atoms with Gasteiger partial charge in [-0.05, 0) is 73.6 Å². The molecular weight excluding hydrogens is 360 g/mol. The van der Waals surface area contributed by atoms with Gasteiger partial charge in [-0.3, -0.25) is 4.79 Å². The minimum Gasteiger partial charge on any atom is -0.489 e. The molecule has 27 heavy (non-hydrogen) atoms. The first-order valence-corrected chi connectivity index (χ1v) is 9.75. The number of carbonyl (C=O) groups excluding carboxylic acids is 1. The van der Waals surface area contributed by atoms with E-state index in [1.165, 1.54) is 6.42 Å². The van der Waals surface area contributed by atoms with Crippen molar-refractivity contribution in [1.29, 1.82) is 0 Å².